The Kier molecular flexibility index (Phi) is 4.60. The SMILES string of the molecule is Cc1cc(C)c(/C=C2\C(=O)Nc3ccc(-c4csc(C5CCNCC5)n4)cc32)[nH]1. The zero-order valence-electron chi connectivity index (χ0n) is 16.6. The highest BCUT2D eigenvalue weighted by Gasteiger charge is 2.26. The lowest BCUT2D eigenvalue weighted by Crippen LogP contribution is -2.26. The number of rotatable bonds is 3. The van der Waals surface area contributed by atoms with Gasteiger partial charge in [0.05, 0.1) is 16.3 Å². The molecule has 1 fully saturated rings. The van der Waals surface area contributed by atoms with Crippen molar-refractivity contribution < 1.29 is 4.79 Å². The minimum absolute atomic E-state index is 0.0579. The smallest absolute Gasteiger partial charge is 0.256 e. The van der Waals surface area contributed by atoms with Crippen LogP contribution in [0.2, 0.25) is 0 Å². The van der Waals surface area contributed by atoms with Crippen LogP contribution < -0.4 is 10.6 Å². The summed E-state index contributed by atoms with van der Waals surface area (Å²) in [6, 6.07) is 8.22. The highest BCUT2D eigenvalue weighted by molar-refractivity contribution is 7.10. The molecule has 0 saturated carbocycles. The maximum atomic E-state index is 12.6. The second-order valence-corrected chi connectivity index (χ2v) is 8.81. The van der Waals surface area contributed by atoms with E-state index in [-0.39, 0.29) is 5.91 Å². The summed E-state index contributed by atoms with van der Waals surface area (Å²) < 4.78 is 0. The highest BCUT2D eigenvalue weighted by atomic mass is 32.1. The summed E-state index contributed by atoms with van der Waals surface area (Å²) in [7, 11) is 0. The number of hydrogen-bond acceptors (Lipinski definition) is 4. The van der Waals surface area contributed by atoms with Crippen LogP contribution in [0.15, 0.2) is 29.6 Å². The van der Waals surface area contributed by atoms with Crippen LogP contribution in [0, 0.1) is 13.8 Å². The van der Waals surface area contributed by atoms with Crippen molar-refractivity contribution in [3.63, 3.8) is 0 Å². The van der Waals surface area contributed by atoms with Crippen molar-refractivity contribution in [1.29, 1.82) is 0 Å². The number of aromatic amines is 1. The van der Waals surface area contributed by atoms with E-state index in [1.807, 2.05) is 25.1 Å². The molecule has 0 aliphatic carbocycles. The van der Waals surface area contributed by atoms with Gasteiger partial charge in [-0.05, 0) is 69.6 Å². The molecule has 0 radical (unpaired) electrons. The maximum absolute atomic E-state index is 12.6. The van der Waals surface area contributed by atoms with Crippen LogP contribution in [0.25, 0.3) is 22.9 Å². The van der Waals surface area contributed by atoms with Gasteiger partial charge in [-0.15, -0.1) is 11.3 Å². The summed E-state index contributed by atoms with van der Waals surface area (Å²) in [5.74, 6) is 0.500. The second kappa shape index (κ2) is 7.28. The molecule has 5 rings (SSSR count). The van der Waals surface area contributed by atoms with Crippen LogP contribution >= 0.6 is 11.3 Å². The molecule has 0 bridgehead atoms. The van der Waals surface area contributed by atoms with Crippen molar-refractivity contribution in [2.45, 2.75) is 32.6 Å². The van der Waals surface area contributed by atoms with Gasteiger partial charge in [-0.1, -0.05) is 6.07 Å². The first-order valence-corrected chi connectivity index (χ1v) is 11.0. The van der Waals surface area contributed by atoms with Crippen LogP contribution in [-0.4, -0.2) is 29.0 Å². The number of amides is 1. The number of carbonyl (C=O) groups excluding carboxylic acids is 1. The lowest BCUT2D eigenvalue weighted by atomic mass is 9.99. The van der Waals surface area contributed by atoms with Crippen molar-refractivity contribution in [1.82, 2.24) is 15.3 Å². The van der Waals surface area contributed by atoms with Crippen molar-refractivity contribution in [3.05, 3.63) is 57.2 Å². The van der Waals surface area contributed by atoms with Gasteiger partial charge in [-0.2, -0.15) is 0 Å². The first-order valence-electron chi connectivity index (χ1n) is 10.1. The average molecular weight is 405 g/mol. The largest absolute Gasteiger partial charge is 0.359 e. The number of nitrogens with zero attached hydrogens (tertiary/aromatic N) is 1. The van der Waals surface area contributed by atoms with E-state index in [1.54, 1.807) is 11.3 Å². The molecule has 0 spiro atoms. The fraction of sp³-hybridized carbons (Fsp3) is 0.304. The molecule has 4 heterocycles. The van der Waals surface area contributed by atoms with Gasteiger partial charge in [0.25, 0.3) is 5.91 Å². The molecule has 2 aromatic heterocycles. The number of anilines is 1. The van der Waals surface area contributed by atoms with Crippen LogP contribution in [0.3, 0.4) is 0 Å². The molecule has 5 nitrogen and oxygen atoms in total. The number of hydrogen-bond donors (Lipinski definition) is 3. The third-order valence-electron chi connectivity index (χ3n) is 5.79. The summed E-state index contributed by atoms with van der Waals surface area (Å²) in [6.07, 6.45) is 4.25. The Balaban J connectivity index is 1.49. The molecule has 2 aliphatic heterocycles. The minimum atomic E-state index is -0.0579. The molecular formula is C23H24N4OS. The van der Waals surface area contributed by atoms with Crippen molar-refractivity contribution in [2.24, 2.45) is 0 Å². The van der Waals surface area contributed by atoms with Gasteiger partial charge in [0.2, 0.25) is 0 Å². The monoisotopic (exact) mass is 404 g/mol. The normalized spacial score (nSPS) is 18.3. The summed E-state index contributed by atoms with van der Waals surface area (Å²) in [5, 5.41) is 9.77. The summed E-state index contributed by atoms with van der Waals surface area (Å²) in [6.45, 7) is 6.21. The van der Waals surface area contributed by atoms with Crippen LogP contribution in [0.5, 0.6) is 0 Å². The number of nitrogens with one attached hydrogen (secondary N) is 3. The number of aromatic nitrogens is 2. The zero-order valence-corrected chi connectivity index (χ0v) is 17.5. The molecule has 2 aliphatic rings. The number of piperidine rings is 1. The highest BCUT2D eigenvalue weighted by Crippen LogP contribution is 2.38. The van der Waals surface area contributed by atoms with E-state index in [9.17, 15) is 4.79 Å². The molecular weight excluding hydrogens is 380 g/mol. The van der Waals surface area contributed by atoms with E-state index in [0.717, 1.165) is 65.4 Å². The van der Waals surface area contributed by atoms with Gasteiger partial charge in [0, 0.05) is 39.5 Å². The lowest BCUT2D eigenvalue weighted by molar-refractivity contribution is -0.110. The maximum Gasteiger partial charge on any atom is 0.256 e. The van der Waals surface area contributed by atoms with Gasteiger partial charge in [0.1, 0.15) is 0 Å². The van der Waals surface area contributed by atoms with Gasteiger partial charge < -0.3 is 15.6 Å². The first kappa shape index (κ1) is 18.3. The molecule has 3 aromatic rings. The van der Waals surface area contributed by atoms with Crippen molar-refractivity contribution in [2.75, 3.05) is 18.4 Å². The summed E-state index contributed by atoms with van der Waals surface area (Å²) in [5.41, 5.74) is 7.76. The predicted molar refractivity (Wildman–Crippen MR) is 119 cm³/mol. The standard InChI is InChI=1S/C23H24N4OS/c1-13-9-14(2)25-20(13)11-18-17-10-16(3-4-19(17)26-22(18)28)21-12-29-23(27-21)15-5-7-24-8-6-15/h3-4,9-12,15,24-25H,5-8H2,1-2H3,(H,26,28)/b18-11-. The van der Waals surface area contributed by atoms with Gasteiger partial charge in [-0.3, -0.25) is 4.79 Å². The Morgan fingerprint density at radius 2 is 2.00 bits per heavy atom. The molecule has 6 heteroatoms. The number of fused-ring (bicyclic) bond motifs is 1. The Labute approximate surface area is 174 Å². The quantitative estimate of drug-likeness (QED) is 0.554. The predicted octanol–water partition coefficient (Wildman–Crippen LogP) is 4.71. The van der Waals surface area contributed by atoms with Crippen LogP contribution in [0.1, 0.15) is 46.3 Å². The number of benzene rings is 1. The molecule has 1 amide bonds. The number of carbonyl (C=O) groups is 1. The Morgan fingerprint density at radius 3 is 2.76 bits per heavy atom. The van der Waals surface area contributed by atoms with Crippen LogP contribution in [0.4, 0.5) is 5.69 Å². The van der Waals surface area contributed by atoms with Gasteiger partial charge >= 0.3 is 0 Å². The first-order chi connectivity index (χ1) is 14.1. The van der Waals surface area contributed by atoms with Crippen LogP contribution in [-0.2, 0) is 4.79 Å². The molecule has 29 heavy (non-hydrogen) atoms. The van der Waals surface area contributed by atoms with E-state index in [4.69, 9.17) is 4.98 Å². The summed E-state index contributed by atoms with van der Waals surface area (Å²) >= 11 is 1.75. The van der Waals surface area contributed by atoms with Crippen molar-refractivity contribution in [3.8, 4) is 11.3 Å². The summed E-state index contributed by atoms with van der Waals surface area (Å²) in [4.78, 5) is 20.9. The third-order valence-corrected chi connectivity index (χ3v) is 6.79. The van der Waals surface area contributed by atoms with E-state index >= 15 is 0 Å². The topological polar surface area (TPSA) is 69.8 Å². The average Bonchev–Trinajstić information content (AvgIpc) is 3.41. The minimum Gasteiger partial charge on any atom is -0.359 e. The number of aryl methyl sites for hydroxylation is 2. The van der Waals surface area contributed by atoms with Gasteiger partial charge in [-0.25, -0.2) is 4.98 Å². The van der Waals surface area contributed by atoms with Gasteiger partial charge in [0.15, 0.2) is 0 Å². The molecule has 3 N–H and O–H groups in total. The molecule has 0 atom stereocenters. The molecule has 0 unspecified atom stereocenters. The fourth-order valence-electron chi connectivity index (χ4n) is 4.21. The number of thiazole rings is 1. The van der Waals surface area contributed by atoms with E-state index in [0.29, 0.717) is 11.5 Å². The third kappa shape index (κ3) is 3.43. The second-order valence-electron chi connectivity index (χ2n) is 7.92. The number of H-pyrrole nitrogens is 1. The fourth-order valence-corrected chi connectivity index (χ4v) is 5.21. The molecule has 1 aromatic carbocycles. The Morgan fingerprint density at radius 1 is 1.17 bits per heavy atom. The Bertz CT molecular complexity index is 1120. The lowest BCUT2D eigenvalue weighted by Gasteiger charge is -2.20. The molecule has 1 saturated heterocycles. The Hall–Kier alpha value is -2.70. The zero-order chi connectivity index (χ0) is 20.0. The molecule has 148 valence electrons. The van der Waals surface area contributed by atoms with E-state index in [1.165, 1.54) is 5.01 Å². The van der Waals surface area contributed by atoms with Crippen molar-refractivity contribution >= 4 is 34.6 Å². The van der Waals surface area contributed by atoms with E-state index < -0.39 is 0 Å². The van der Waals surface area contributed by atoms with E-state index in [2.05, 4.69) is 40.1 Å².